The van der Waals surface area contributed by atoms with E-state index in [1.807, 2.05) is 67.5 Å². The third kappa shape index (κ3) is 4.89. The monoisotopic (exact) mass is 405 g/mol. The fourth-order valence-electron chi connectivity index (χ4n) is 4.16. The summed E-state index contributed by atoms with van der Waals surface area (Å²) in [5.41, 5.74) is 1.93. The van der Waals surface area contributed by atoms with Crippen molar-refractivity contribution in [2.24, 2.45) is 0 Å². The molecule has 0 radical (unpaired) electrons. The van der Waals surface area contributed by atoms with Gasteiger partial charge in [0.15, 0.2) is 0 Å². The zero-order valence-corrected chi connectivity index (χ0v) is 17.8. The number of aromatic nitrogens is 2. The summed E-state index contributed by atoms with van der Waals surface area (Å²) in [5, 5.41) is 18.5. The zero-order chi connectivity index (χ0) is 20.9. The van der Waals surface area contributed by atoms with E-state index in [9.17, 15) is 5.11 Å². The maximum atomic E-state index is 10.4. The molecule has 158 valence electrons. The average molecular weight is 406 g/mol. The number of aliphatic hydroxyl groups excluding tert-OH is 1. The van der Waals surface area contributed by atoms with E-state index < -0.39 is 6.10 Å². The van der Waals surface area contributed by atoms with Crippen LogP contribution in [0.5, 0.6) is 0 Å². The summed E-state index contributed by atoms with van der Waals surface area (Å²) in [4.78, 5) is 11.5. The van der Waals surface area contributed by atoms with Gasteiger partial charge < -0.3 is 20.6 Å². The number of nitrogens with one attached hydrogen (secondary N) is 2. The number of fused-ring (bicyclic) bond motifs is 1. The SMILES string of the molecule is CN(C)c1nc(NC2CCC(NCC(O)c3ccccc3)CC2)nc2ccccc12. The molecule has 0 spiro atoms. The fourth-order valence-corrected chi connectivity index (χ4v) is 4.16. The number of aliphatic hydroxyl groups is 1. The molecule has 1 aromatic heterocycles. The minimum Gasteiger partial charge on any atom is -0.387 e. The Morgan fingerprint density at radius 1 is 0.933 bits per heavy atom. The van der Waals surface area contributed by atoms with Crippen LogP contribution in [0, 0.1) is 0 Å². The van der Waals surface area contributed by atoms with Crippen LogP contribution in [0.2, 0.25) is 0 Å². The van der Waals surface area contributed by atoms with Crippen molar-refractivity contribution in [3.8, 4) is 0 Å². The van der Waals surface area contributed by atoms with Gasteiger partial charge >= 0.3 is 0 Å². The summed E-state index contributed by atoms with van der Waals surface area (Å²) >= 11 is 0. The number of para-hydroxylation sites is 1. The van der Waals surface area contributed by atoms with Gasteiger partial charge in [-0.1, -0.05) is 42.5 Å². The molecule has 6 nitrogen and oxygen atoms in total. The molecule has 1 aliphatic rings. The number of hydrogen-bond donors (Lipinski definition) is 3. The van der Waals surface area contributed by atoms with Gasteiger partial charge in [0.05, 0.1) is 11.6 Å². The average Bonchev–Trinajstić information content (AvgIpc) is 2.78. The predicted octanol–water partition coefficient (Wildman–Crippen LogP) is 3.74. The first kappa shape index (κ1) is 20.6. The third-order valence-corrected chi connectivity index (χ3v) is 5.85. The highest BCUT2D eigenvalue weighted by Crippen LogP contribution is 2.26. The largest absolute Gasteiger partial charge is 0.387 e. The molecular formula is C24H31N5O. The first-order chi connectivity index (χ1) is 14.6. The number of nitrogens with zero attached hydrogens (tertiary/aromatic N) is 3. The van der Waals surface area contributed by atoms with Gasteiger partial charge in [-0.2, -0.15) is 4.98 Å². The molecular weight excluding hydrogens is 374 g/mol. The van der Waals surface area contributed by atoms with Gasteiger partial charge in [0.1, 0.15) is 5.82 Å². The van der Waals surface area contributed by atoms with E-state index in [1.165, 1.54) is 0 Å². The highest BCUT2D eigenvalue weighted by molar-refractivity contribution is 5.90. The summed E-state index contributed by atoms with van der Waals surface area (Å²) in [6.07, 6.45) is 3.82. The Kier molecular flexibility index (Phi) is 6.45. The van der Waals surface area contributed by atoms with E-state index in [4.69, 9.17) is 9.97 Å². The van der Waals surface area contributed by atoms with Gasteiger partial charge in [0, 0.05) is 38.1 Å². The van der Waals surface area contributed by atoms with Crippen LogP contribution in [0.25, 0.3) is 10.9 Å². The molecule has 0 bridgehead atoms. The lowest BCUT2D eigenvalue weighted by Crippen LogP contribution is -2.39. The second kappa shape index (κ2) is 9.41. The molecule has 6 heteroatoms. The van der Waals surface area contributed by atoms with Gasteiger partial charge in [0.2, 0.25) is 5.95 Å². The Balaban J connectivity index is 1.32. The molecule has 3 N–H and O–H groups in total. The molecule has 4 rings (SSSR count). The van der Waals surface area contributed by atoms with Crippen molar-refractivity contribution in [3.63, 3.8) is 0 Å². The Morgan fingerprint density at radius 2 is 1.60 bits per heavy atom. The number of anilines is 2. The second-order valence-corrected chi connectivity index (χ2v) is 8.31. The van der Waals surface area contributed by atoms with E-state index in [-0.39, 0.29) is 0 Å². The standard InChI is InChI=1S/C24H31N5O/c1-29(2)23-20-10-6-7-11-21(20)27-24(28-23)26-19-14-12-18(13-15-19)25-16-22(30)17-8-4-3-5-9-17/h3-11,18-19,22,25,30H,12-16H2,1-2H3,(H,26,27,28). The molecule has 1 heterocycles. The topological polar surface area (TPSA) is 73.3 Å². The van der Waals surface area contributed by atoms with Gasteiger partial charge in [0.25, 0.3) is 0 Å². The van der Waals surface area contributed by atoms with Crippen LogP contribution in [0.1, 0.15) is 37.4 Å². The van der Waals surface area contributed by atoms with Gasteiger partial charge in [-0.05, 0) is 43.4 Å². The van der Waals surface area contributed by atoms with Gasteiger partial charge in [-0.3, -0.25) is 0 Å². The minimum absolute atomic E-state index is 0.373. The first-order valence-corrected chi connectivity index (χ1v) is 10.8. The highest BCUT2D eigenvalue weighted by Gasteiger charge is 2.22. The number of hydrogen-bond acceptors (Lipinski definition) is 6. The van der Waals surface area contributed by atoms with E-state index >= 15 is 0 Å². The Bertz CT molecular complexity index is 954. The third-order valence-electron chi connectivity index (χ3n) is 5.85. The molecule has 3 aromatic rings. The highest BCUT2D eigenvalue weighted by atomic mass is 16.3. The molecule has 0 aliphatic heterocycles. The van der Waals surface area contributed by atoms with Crippen LogP contribution in [0.4, 0.5) is 11.8 Å². The van der Waals surface area contributed by atoms with E-state index in [2.05, 4.69) is 16.7 Å². The van der Waals surface area contributed by atoms with Gasteiger partial charge in [-0.25, -0.2) is 4.98 Å². The van der Waals surface area contributed by atoms with Crippen molar-refractivity contribution in [1.29, 1.82) is 0 Å². The van der Waals surface area contributed by atoms with Crippen molar-refractivity contribution in [2.75, 3.05) is 30.9 Å². The molecule has 1 saturated carbocycles. The van der Waals surface area contributed by atoms with E-state index in [0.717, 1.165) is 48.0 Å². The summed E-state index contributed by atoms with van der Waals surface area (Å²) in [7, 11) is 4.03. The maximum Gasteiger partial charge on any atom is 0.225 e. The fraction of sp³-hybridized carbons (Fsp3) is 0.417. The molecule has 1 atom stereocenters. The van der Waals surface area contributed by atoms with Crippen LogP contribution < -0.4 is 15.5 Å². The molecule has 1 aliphatic carbocycles. The molecule has 2 aromatic carbocycles. The van der Waals surface area contributed by atoms with Crippen molar-refractivity contribution < 1.29 is 5.11 Å². The smallest absolute Gasteiger partial charge is 0.225 e. The lowest BCUT2D eigenvalue weighted by molar-refractivity contribution is 0.165. The van der Waals surface area contributed by atoms with Crippen molar-refractivity contribution >= 4 is 22.7 Å². The second-order valence-electron chi connectivity index (χ2n) is 8.31. The van der Waals surface area contributed by atoms with Crippen LogP contribution in [-0.4, -0.2) is 47.8 Å². The predicted molar refractivity (Wildman–Crippen MR) is 123 cm³/mol. The lowest BCUT2D eigenvalue weighted by atomic mass is 9.91. The summed E-state index contributed by atoms with van der Waals surface area (Å²) < 4.78 is 0. The molecule has 0 amide bonds. The van der Waals surface area contributed by atoms with Gasteiger partial charge in [-0.15, -0.1) is 0 Å². The summed E-state index contributed by atoms with van der Waals surface area (Å²) in [6, 6.07) is 18.8. The number of benzene rings is 2. The Labute approximate surface area is 178 Å². The Morgan fingerprint density at radius 3 is 2.33 bits per heavy atom. The minimum atomic E-state index is -0.461. The van der Waals surface area contributed by atoms with Crippen LogP contribution in [0.15, 0.2) is 54.6 Å². The van der Waals surface area contributed by atoms with E-state index in [0.29, 0.717) is 24.6 Å². The van der Waals surface area contributed by atoms with E-state index in [1.54, 1.807) is 0 Å². The normalized spacial score (nSPS) is 20.1. The number of rotatable bonds is 7. The Hall–Kier alpha value is -2.70. The maximum absolute atomic E-state index is 10.4. The molecule has 1 fully saturated rings. The lowest BCUT2D eigenvalue weighted by Gasteiger charge is -2.30. The van der Waals surface area contributed by atoms with Crippen molar-refractivity contribution in [1.82, 2.24) is 15.3 Å². The zero-order valence-electron chi connectivity index (χ0n) is 17.8. The molecule has 0 saturated heterocycles. The summed E-state index contributed by atoms with van der Waals surface area (Å²) in [6.45, 7) is 0.590. The van der Waals surface area contributed by atoms with Crippen molar-refractivity contribution in [3.05, 3.63) is 60.2 Å². The molecule has 1 unspecified atom stereocenters. The quantitative estimate of drug-likeness (QED) is 0.556. The molecule has 30 heavy (non-hydrogen) atoms. The first-order valence-electron chi connectivity index (χ1n) is 10.8. The van der Waals surface area contributed by atoms with Crippen molar-refractivity contribution in [2.45, 2.75) is 43.9 Å². The summed E-state index contributed by atoms with van der Waals surface area (Å²) in [5.74, 6) is 1.64. The van der Waals surface area contributed by atoms with Crippen LogP contribution in [-0.2, 0) is 0 Å². The van der Waals surface area contributed by atoms with Crippen LogP contribution in [0.3, 0.4) is 0 Å². The van der Waals surface area contributed by atoms with Crippen LogP contribution >= 0.6 is 0 Å².